The maximum Gasteiger partial charge on any atom is 0.00773 e. The standard InChI is InChI=1S/C11H16S/c1-5-12-11-6-8(2)10(4)9(3)7-11/h6-7H,5H2,1-4H3. The van der Waals surface area contributed by atoms with E-state index >= 15 is 0 Å². The summed E-state index contributed by atoms with van der Waals surface area (Å²) in [6.45, 7) is 8.74. The lowest BCUT2D eigenvalue weighted by atomic mass is 10.1. The second kappa shape index (κ2) is 3.99. The van der Waals surface area contributed by atoms with Gasteiger partial charge in [-0.15, -0.1) is 11.8 Å². The van der Waals surface area contributed by atoms with Gasteiger partial charge in [-0.2, -0.15) is 0 Å². The first-order chi connectivity index (χ1) is 5.65. The second-order valence-corrected chi connectivity index (χ2v) is 4.45. The number of hydrogen-bond donors (Lipinski definition) is 0. The van der Waals surface area contributed by atoms with E-state index in [0.29, 0.717) is 0 Å². The molecule has 1 aromatic carbocycles. The Morgan fingerprint density at radius 2 is 1.58 bits per heavy atom. The van der Waals surface area contributed by atoms with E-state index in [9.17, 15) is 0 Å². The molecule has 0 amide bonds. The maximum absolute atomic E-state index is 2.27. The van der Waals surface area contributed by atoms with Gasteiger partial charge in [0, 0.05) is 4.90 Å². The number of rotatable bonds is 2. The Morgan fingerprint density at radius 1 is 1.08 bits per heavy atom. The van der Waals surface area contributed by atoms with Crippen LogP contribution in [0.3, 0.4) is 0 Å². The van der Waals surface area contributed by atoms with Crippen LogP contribution >= 0.6 is 11.8 Å². The second-order valence-electron chi connectivity index (χ2n) is 3.12. The number of thioether (sulfide) groups is 1. The molecule has 1 heteroatoms. The molecule has 0 bridgehead atoms. The molecule has 0 unspecified atom stereocenters. The summed E-state index contributed by atoms with van der Waals surface area (Å²) >= 11 is 1.91. The van der Waals surface area contributed by atoms with Crippen LogP contribution in [0.15, 0.2) is 17.0 Å². The smallest absolute Gasteiger partial charge is 0.00773 e. The van der Waals surface area contributed by atoms with Crippen LogP contribution in [0.25, 0.3) is 0 Å². The van der Waals surface area contributed by atoms with Crippen LogP contribution in [0.2, 0.25) is 0 Å². The molecule has 0 aromatic heterocycles. The molecule has 0 radical (unpaired) electrons. The molecule has 0 aliphatic carbocycles. The van der Waals surface area contributed by atoms with Crippen molar-refractivity contribution in [2.24, 2.45) is 0 Å². The minimum absolute atomic E-state index is 1.15. The quantitative estimate of drug-likeness (QED) is 0.625. The van der Waals surface area contributed by atoms with Crippen molar-refractivity contribution in [2.75, 3.05) is 5.75 Å². The number of aryl methyl sites for hydroxylation is 2. The highest BCUT2D eigenvalue weighted by Crippen LogP contribution is 2.23. The summed E-state index contributed by atoms with van der Waals surface area (Å²) < 4.78 is 0. The Balaban J connectivity index is 3.04. The largest absolute Gasteiger partial charge is 0.126 e. The summed E-state index contributed by atoms with van der Waals surface area (Å²) in [6, 6.07) is 4.55. The minimum atomic E-state index is 1.15. The van der Waals surface area contributed by atoms with Gasteiger partial charge in [-0.25, -0.2) is 0 Å². The van der Waals surface area contributed by atoms with Crippen LogP contribution in [0.4, 0.5) is 0 Å². The predicted octanol–water partition coefficient (Wildman–Crippen LogP) is 3.72. The Bertz CT molecular complexity index is 253. The van der Waals surface area contributed by atoms with Crippen molar-refractivity contribution < 1.29 is 0 Å². The highest BCUT2D eigenvalue weighted by atomic mass is 32.2. The minimum Gasteiger partial charge on any atom is -0.126 e. The van der Waals surface area contributed by atoms with E-state index in [4.69, 9.17) is 0 Å². The monoisotopic (exact) mass is 180 g/mol. The van der Waals surface area contributed by atoms with Gasteiger partial charge < -0.3 is 0 Å². The Labute approximate surface area is 79.4 Å². The van der Waals surface area contributed by atoms with E-state index in [-0.39, 0.29) is 0 Å². The summed E-state index contributed by atoms with van der Waals surface area (Å²) in [5.74, 6) is 1.15. The normalized spacial score (nSPS) is 10.3. The first kappa shape index (κ1) is 9.66. The van der Waals surface area contributed by atoms with Crippen LogP contribution in [0, 0.1) is 20.8 Å². The Kier molecular flexibility index (Phi) is 3.21. The molecule has 0 aliphatic heterocycles. The molecule has 66 valence electrons. The van der Waals surface area contributed by atoms with E-state index in [1.165, 1.54) is 21.6 Å². The third kappa shape index (κ3) is 2.04. The molecule has 0 aliphatic rings. The average Bonchev–Trinajstić information content (AvgIpc) is 2.01. The van der Waals surface area contributed by atoms with E-state index in [1.807, 2.05) is 11.8 Å². The van der Waals surface area contributed by atoms with Crippen molar-refractivity contribution in [3.05, 3.63) is 28.8 Å². The van der Waals surface area contributed by atoms with Gasteiger partial charge in [0.15, 0.2) is 0 Å². The SMILES string of the molecule is CCSc1cc(C)c(C)c(C)c1. The average molecular weight is 180 g/mol. The molecule has 12 heavy (non-hydrogen) atoms. The number of hydrogen-bond acceptors (Lipinski definition) is 1. The molecular weight excluding hydrogens is 164 g/mol. The predicted molar refractivity (Wildman–Crippen MR) is 57.1 cm³/mol. The molecule has 0 spiro atoms. The summed E-state index contributed by atoms with van der Waals surface area (Å²) in [5, 5.41) is 0. The van der Waals surface area contributed by atoms with Gasteiger partial charge in [0.05, 0.1) is 0 Å². The highest BCUT2D eigenvalue weighted by molar-refractivity contribution is 7.99. The maximum atomic E-state index is 2.27. The third-order valence-corrected chi connectivity index (χ3v) is 3.07. The molecular formula is C11H16S. The van der Waals surface area contributed by atoms with Crippen LogP contribution in [0.1, 0.15) is 23.6 Å². The first-order valence-electron chi connectivity index (χ1n) is 4.35. The number of benzene rings is 1. The summed E-state index contributed by atoms with van der Waals surface area (Å²) in [4.78, 5) is 1.40. The molecule has 0 nitrogen and oxygen atoms in total. The highest BCUT2D eigenvalue weighted by Gasteiger charge is 1.99. The molecule has 0 saturated heterocycles. The van der Waals surface area contributed by atoms with E-state index in [2.05, 4.69) is 39.8 Å². The molecule has 1 rings (SSSR count). The van der Waals surface area contributed by atoms with Crippen molar-refractivity contribution in [1.82, 2.24) is 0 Å². The van der Waals surface area contributed by atoms with Crippen molar-refractivity contribution >= 4 is 11.8 Å². The van der Waals surface area contributed by atoms with Crippen molar-refractivity contribution in [3.8, 4) is 0 Å². The lowest BCUT2D eigenvalue weighted by Gasteiger charge is -2.07. The molecule has 0 fully saturated rings. The summed E-state index contributed by atoms with van der Waals surface area (Å²) in [5.41, 5.74) is 4.24. The van der Waals surface area contributed by atoms with Gasteiger partial charge in [-0.05, 0) is 55.3 Å². The van der Waals surface area contributed by atoms with Crippen molar-refractivity contribution in [2.45, 2.75) is 32.6 Å². The van der Waals surface area contributed by atoms with E-state index in [1.54, 1.807) is 0 Å². The zero-order valence-electron chi connectivity index (χ0n) is 8.27. The Hall–Kier alpha value is -0.430. The van der Waals surface area contributed by atoms with E-state index < -0.39 is 0 Å². The van der Waals surface area contributed by atoms with Gasteiger partial charge in [0.1, 0.15) is 0 Å². The zero-order chi connectivity index (χ0) is 9.14. The lowest BCUT2D eigenvalue weighted by Crippen LogP contribution is -1.87. The van der Waals surface area contributed by atoms with E-state index in [0.717, 1.165) is 5.75 Å². The Morgan fingerprint density at radius 3 is 2.00 bits per heavy atom. The molecule has 0 atom stereocenters. The molecule has 0 N–H and O–H groups in total. The zero-order valence-corrected chi connectivity index (χ0v) is 9.09. The summed E-state index contributed by atoms with van der Waals surface area (Å²) in [6.07, 6.45) is 0. The van der Waals surface area contributed by atoms with Gasteiger partial charge in [-0.1, -0.05) is 6.92 Å². The fraction of sp³-hybridized carbons (Fsp3) is 0.455. The molecule has 0 saturated carbocycles. The van der Waals surface area contributed by atoms with Gasteiger partial charge in [-0.3, -0.25) is 0 Å². The fourth-order valence-corrected chi connectivity index (χ4v) is 2.10. The van der Waals surface area contributed by atoms with Gasteiger partial charge in [0.25, 0.3) is 0 Å². The van der Waals surface area contributed by atoms with Crippen LogP contribution in [-0.2, 0) is 0 Å². The van der Waals surface area contributed by atoms with Crippen LogP contribution < -0.4 is 0 Å². The summed E-state index contributed by atoms with van der Waals surface area (Å²) in [7, 11) is 0. The topological polar surface area (TPSA) is 0 Å². The third-order valence-electron chi connectivity index (χ3n) is 2.21. The molecule has 1 aromatic rings. The van der Waals surface area contributed by atoms with Crippen LogP contribution in [0.5, 0.6) is 0 Å². The van der Waals surface area contributed by atoms with Crippen molar-refractivity contribution in [3.63, 3.8) is 0 Å². The fourth-order valence-electron chi connectivity index (χ4n) is 1.25. The van der Waals surface area contributed by atoms with Gasteiger partial charge >= 0.3 is 0 Å². The first-order valence-corrected chi connectivity index (χ1v) is 5.34. The lowest BCUT2D eigenvalue weighted by molar-refractivity contribution is 1.21. The van der Waals surface area contributed by atoms with Crippen LogP contribution in [-0.4, -0.2) is 5.75 Å². The van der Waals surface area contributed by atoms with Crippen molar-refractivity contribution in [1.29, 1.82) is 0 Å². The van der Waals surface area contributed by atoms with Gasteiger partial charge in [0.2, 0.25) is 0 Å². The molecule has 0 heterocycles.